The number of pyridine rings is 1. The Kier molecular flexibility index (Phi) is 10.6. The Balaban J connectivity index is 0.000000214. The molecule has 2 aliphatic rings. The van der Waals surface area contributed by atoms with Crippen LogP contribution in [0, 0.1) is 0 Å². The summed E-state index contributed by atoms with van der Waals surface area (Å²) in [6, 6.07) is 14.2. The van der Waals surface area contributed by atoms with E-state index >= 15 is 0 Å². The number of rotatable bonds is 3. The third-order valence-corrected chi connectivity index (χ3v) is 4.66. The topological polar surface area (TPSA) is 66.8 Å². The van der Waals surface area contributed by atoms with Crippen molar-refractivity contribution in [2.75, 3.05) is 51.4 Å². The standard InChI is InChI=1S/C11H12F3NO2.C10H14N2.CH4O/c12-11(13,14)9-4-1-5-10(15-9)17-8-3-2-6-16-7-8;1-2-4-10(5-3-1)12-8-6-11-7-9-12;1-2/h1,4-5,8H,2-3,6-7H2;1-5,11H,6-9H2;2H,1H3. The van der Waals surface area contributed by atoms with E-state index in [1.807, 2.05) is 0 Å². The summed E-state index contributed by atoms with van der Waals surface area (Å²) in [6.07, 6.45) is -3.02. The summed E-state index contributed by atoms with van der Waals surface area (Å²) in [5.74, 6) is -0.00433. The van der Waals surface area contributed by atoms with Gasteiger partial charge in [0, 0.05) is 51.6 Å². The Morgan fingerprint density at radius 3 is 2.39 bits per heavy atom. The van der Waals surface area contributed by atoms with Crippen LogP contribution in [0.25, 0.3) is 0 Å². The van der Waals surface area contributed by atoms with Gasteiger partial charge in [-0.25, -0.2) is 4.98 Å². The fourth-order valence-corrected chi connectivity index (χ4v) is 3.18. The summed E-state index contributed by atoms with van der Waals surface area (Å²) in [5, 5.41) is 10.3. The Morgan fingerprint density at radius 1 is 1.06 bits per heavy atom. The zero-order valence-electron chi connectivity index (χ0n) is 17.6. The molecule has 172 valence electrons. The van der Waals surface area contributed by atoms with E-state index in [9.17, 15) is 13.2 Å². The molecule has 0 aliphatic carbocycles. The van der Waals surface area contributed by atoms with Gasteiger partial charge < -0.3 is 24.8 Å². The first-order chi connectivity index (χ1) is 15.0. The minimum Gasteiger partial charge on any atom is -0.472 e. The zero-order valence-corrected chi connectivity index (χ0v) is 17.6. The van der Waals surface area contributed by atoms with Gasteiger partial charge >= 0.3 is 6.18 Å². The van der Waals surface area contributed by atoms with Crippen molar-refractivity contribution in [3.05, 3.63) is 54.2 Å². The normalized spacial score (nSPS) is 18.7. The molecule has 2 saturated heterocycles. The lowest BCUT2D eigenvalue weighted by Crippen LogP contribution is -2.43. The molecule has 9 heteroatoms. The first kappa shape index (κ1) is 24.9. The molecule has 31 heavy (non-hydrogen) atoms. The highest BCUT2D eigenvalue weighted by molar-refractivity contribution is 5.46. The number of nitrogens with zero attached hydrogens (tertiary/aromatic N) is 2. The van der Waals surface area contributed by atoms with E-state index in [4.69, 9.17) is 14.6 Å². The third-order valence-electron chi connectivity index (χ3n) is 4.66. The van der Waals surface area contributed by atoms with Gasteiger partial charge in [0.2, 0.25) is 5.88 Å². The number of nitrogens with one attached hydrogen (secondary N) is 1. The van der Waals surface area contributed by atoms with Crippen molar-refractivity contribution in [1.82, 2.24) is 10.3 Å². The van der Waals surface area contributed by atoms with Crippen molar-refractivity contribution in [2.45, 2.75) is 25.1 Å². The average molecular weight is 441 g/mol. The van der Waals surface area contributed by atoms with Crippen molar-refractivity contribution in [3.63, 3.8) is 0 Å². The van der Waals surface area contributed by atoms with Gasteiger partial charge in [0.1, 0.15) is 11.8 Å². The maximum Gasteiger partial charge on any atom is 0.433 e. The first-order valence-electron chi connectivity index (χ1n) is 10.3. The van der Waals surface area contributed by atoms with Gasteiger partial charge in [0.25, 0.3) is 0 Å². The molecule has 1 atom stereocenters. The van der Waals surface area contributed by atoms with Crippen molar-refractivity contribution in [3.8, 4) is 5.88 Å². The zero-order chi connectivity index (χ0) is 22.5. The van der Waals surface area contributed by atoms with Crippen LogP contribution in [-0.4, -0.2) is 62.7 Å². The smallest absolute Gasteiger partial charge is 0.433 e. The number of hydrogen-bond donors (Lipinski definition) is 2. The fraction of sp³-hybridized carbons (Fsp3) is 0.500. The predicted molar refractivity (Wildman–Crippen MR) is 113 cm³/mol. The monoisotopic (exact) mass is 441 g/mol. The van der Waals surface area contributed by atoms with E-state index in [2.05, 4.69) is 45.5 Å². The predicted octanol–water partition coefficient (Wildman–Crippen LogP) is 3.36. The maximum absolute atomic E-state index is 12.4. The minimum absolute atomic E-state index is 0.00433. The number of alkyl halides is 3. The Bertz CT molecular complexity index is 736. The molecule has 0 spiro atoms. The van der Waals surface area contributed by atoms with Crippen molar-refractivity contribution >= 4 is 5.69 Å². The van der Waals surface area contributed by atoms with E-state index in [1.165, 1.54) is 17.8 Å². The molecule has 1 aromatic carbocycles. The second kappa shape index (κ2) is 13.1. The fourth-order valence-electron chi connectivity index (χ4n) is 3.18. The minimum atomic E-state index is -4.44. The molecule has 0 saturated carbocycles. The van der Waals surface area contributed by atoms with Gasteiger partial charge in [-0.2, -0.15) is 13.2 Å². The highest BCUT2D eigenvalue weighted by Crippen LogP contribution is 2.29. The van der Waals surface area contributed by atoms with Crippen LogP contribution in [0.5, 0.6) is 5.88 Å². The van der Waals surface area contributed by atoms with Crippen LogP contribution in [0.15, 0.2) is 48.5 Å². The van der Waals surface area contributed by atoms with E-state index in [1.54, 1.807) is 0 Å². The number of aliphatic hydroxyl groups excluding tert-OH is 1. The largest absolute Gasteiger partial charge is 0.472 e. The number of hydrogen-bond acceptors (Lipinski definition) is 6. The summed E-state index contributed by atoms with van der Waals surface area (Å²) in [6.45, 7) is 5.55. The highest BCUT2D eigenvalue weighted by atomic mass is 19.4. The van der Waals surface area contributed by atoms with Crippen LogP contribution in [0.1, 0.15) is 18.5 Å². The number of para-hydroxylation sites is 1. The van der Waals surface area contributed by atoms with Crippen LogP contribution in [0.2, 0.25) is 0 Å². The van der Waals surface area contributed by atoms with Crippen LogP contribution < -0.4 is 15.0 Å². The Morgan fingerprint density at radius 2 is 1.77 bits per heavy atom. The molecule has 2 N–H and O–H groups in total. The highest BCUT2D eigenvalue weighted by Gasteiger charge is 2.32. The molecule has 0 bridgehead atoms. The summed E-state index contributed by atoms with van der Waals surface area (Å²) in [5.41, 5.74) is 0.408. The molecule has 0 radical (unpaired) electrons. The second-order valence-electron chi connectivity index (χ2n) is 6.89. The van der Waals surface area contributed by atoms with Crippen LogP contribution >= 0.6 is 0 Å². The summed E-state index contributed by atoms with van der Waals surface area (Å²) < 4.78 is 47.7. The number of piperazine rings is 1. The van der Waals surface area contributed by atoms with Crippen LogP contribution in [0.3, 0.4) is 0 Å². The molecule has 1 unspecified atom stereocenters. The van der Waals surface area contributed by atoms with E-state index in [0.717, 1.165) is 52.2 Å². The van der Waals surface area contributed by atoms with Gasteiger partial charge in [-0.05, 0) is 31.0 Å². The average Bonchev–Trinajstić information content (AvgIpc) is 2.82. The Labute approximate surface area is 181 Å². The van der Waals surface area contributed by atoms with Gasteiger partial charge in [-0.3, -0.25) is 0 Å². The number of aliphatic hydroxyl groups is 1. The lowest BCUT2D eigenvalue weighted by Gasteiger charge is -2.29. The quantitative estimate of drug-likeness (QED) is 0.762. The van der Waals surface area contributed by atoms with Gasteiger partial charge in [0.05, 0.1) is 6.61 Å². The molecule has 1 aromatic heterocycles. The van der Waals surface area contributed by atoms with Gasteiger partial charge in [-0.15, -0.1) is 0 Å². The molecule has 3 heterocycles. The maximum atomic E-state index is 12.4. The van der Waals surface area contributed by atoms with Crippen molar-refractivity contribution in [1.29, 1.82) is 0 Å². The van der Waals surface area contributed by atoms with E-state index < -0.39 is 11.9 Å². The molecule has 2 fully saturated rings. The molecular weight excluding hydrogens is 411 g/mol. The SMILES string of the molecule is CO.FC(F)(F)c1cccc(OC2CCCOC2)n1.c1ccc(N2CCNCC2)cc1. The van der Waals surface area contributed by atoms with Crippen molar-refractivity contribution < 1.29 is 27.8 Å². The van der Waals surface area contributed by atoms with Crippen LogP contribution in [-0.2, 0) is 10.9 Å². The summed E-state index contributed by atoms with van der Waals surface area (Å²) >= 11 is 0. The number of aromatic nitrogens is 1. The van der Waals surface area contributed by atoms with E-state index in [0.29, 0.717) is 13.2 Å². The molecule has 2 aromatic rings. The second-order valence-corrected chi connectivity index (χ2v) is 6.89. The van der Waals surface area contributed by atoms with Crippen LogP contribution in [0.4, 0.5) is 18.9 Å². The lowest BCUT2D eigenvalue weighted by molar-refractivity contribution is -0.141. The molecule has 2 aliphatic heterocycles. The third kappa shape index (κ3) is 8.72. The van der Waals surface area contributed by atoms with Gasteiger partial charge in [0.15, 0.2) is 0 Å². The molecule has 4 rings (SSSR count). The number of ether oxygens (including phenoxy) is 2. The number of halogens is 3. The number of benzene rings is 1. The lowest BCUT2D eigenvalue weighted by atomic mass is 10.2. The first-order valence-corrected chi connectivity index (χ1v) is 10.3. The molecule has 0 amide bonds. The Hall–Kier alpha value is -2.36. The molecule has 6 nitrogen and oxygen atoms in total. The summed E-state index contributed by atoms with van der Waals surface area (Å²) in [7, 11) is 1.00. The van der Waals surface area contributed by atoms with E-state index in [-0.39, 0.29) is 12.0 Å². The summed E-state index contributed by atoms with van der Waals surface area (Å²) in [4.78, 5) is 5.85. The van der Waals surface area contributed by atoms with Gasteiger partial charge in [-0.1, -0.05) is 24.3 Å². The number of anilines is 1. The molecular formula is C22H30F3N3O3. The van der Waals surface area contributed by atoms with Crippen molar-refractivity contribution in [2.24, 2.45) is 0 Å².